The SMILES string of the molecule is CC1(n2c(O)c(-c3ccc(Br)cc3)c(=O)[nH]c2=O)CCC1. The number of nitrogens with zero attached hydrogens (tertiary/aromatic N) is 1. The smallest absolute Gasteiger partial charge is 0.331 e. The molecule has 0 radical (unpaired) electrons. The lowest BCUT2D eigenvalue weighted by molar-refractivity contribution is 0.144. The molecule has 110 valence electrons. The molecule has 1 aliphatic rings. The summed E-state index contributed by atoms with van der Waals surface area (Å²) >= 11 is 3.33. The molecular weight excluding hydrogens is 336 g/mol. The van der Waals surface area contributed by atoms with E-state index in [1.54, 1.807) is 24.3 Å². The Kier molecular flexibility index (Phi) is 3.28. The third-order valence-electron chi connectivity index (χ3n) is 4.19. The Morgan fingerprint density at radius 1 is 1.24 bits per heavy atom. The Balaban J connectivity index is 2.26. The molecule has 1 fully saturated rings. The largest absolute Gasteiger partial charge is 0.494 e. The van der Waals surface area contributed by atoms with E-state index in [2.05, 4.69) is 20.9 Å². The quantitative estimate of drug-likeness (QED) is 0.873. The number of hydrogen-bond acceptors (Lipinski definition) is 3. The Morgan fingerprint density at radius 2 is 1.86 bits per heavy atom. The average molecular weight is 351 g/mol. The summed E-state index contributed by atoms with van der Waals surface area (Å²) in [5, 5.41) is 10.5. The standard InChI is InChI=1S/C15H15BrN2O3/c1-15(7-2-8-15)18-13(20)11(12(19)17-14(18)21)9-3-5-10(16)6-4-9/h3-6,20H,2,7-8H2,1H3,(H,17,19,21). The second-order valence-electron chi connectivity index (χ2n) is 5.65. The van der Waals surface area contributed by atoms with Gasteiger partial charge in [-0.1, -0.05) is 28.1 Å². The van der Waals surface area contributed by atoms with Crippen LogP contribution < -0.4 is 11.2 Å². The maximum Gasteiger partial charge on any atom is 0.331 e. The van der Waals surface area contributed by atoms with Gasteiger partial charge >= 0.3 is 5.69 Å². The minimum Gasteiger partial charge on any atom is -0.494 e. The molecule has 0 saturated heterocycles. The van der Waals surface area contributed by atoms with Gasteiger partial charge in [0.25, 0.3) is 5.56 Å². The van der Waals surface area contributed by atoms with Crippen LogP contribution in [0.25, 0.3) is 11.1 Å². The Labute approximate surface area is 129 Å². The van der Waals surface area contributed by atoms with Crippen LogP contribution in [0, 0.1) is 0 Å². The van der Waals surface area contributed by atoms with Crippen molar-refractivity contribution in [2.24, 2.45) is 0 Å². The summed E-state index contributed by atoms with van der Waals surface area (Å²) in [6, 6.07) is 7.03. The van der Waals surface area contributed by atoms with E-state index in [4.69, 9.17) is 0 Å². The summed E-state index contributed by atoms with van der Waals surface area (Å²) in [5.41, 5.74) is -0.835. The lowest BCUT2D eigenvalue weighted by Gasteiger charge is -2.40. The van der Waals surface area contributed by atoms with Crippen LogP contribution in [-0.2, 0) is 5.54 Å². The lowest BCUT2D eigenvalue weighted by atomic mass is 9.78. The predicted molar refractivity (Wildman–Crippen MR) is 83.6 cm³/mol. The van der Waals surface area contributed by atoms with Gasteiger partial charge in [0.15, 0.2) is 0 Å². The molecule has 6 heteroatoms. The van der Waals surface area contributed by atoms with Gasteiger partial charge in [-0.25, -0.2) is 4.79 Å². The summed E-state index contributed by atoms with van der Waals surface area (Å²) in [6.07, 6.45) is 2.63. The highest BCUT2D eigenvalue weighted by molar-refractivity contribution is 9.10. The average Bonchev–Trinajstić information content (AvgIpc) is 2.38. The zero-order valence-electron chi connectivity index (χ0n) is 11.5. The Bertz CT molecular complexity index is 801. The molecule has 1 saturated carbocycles. The van der Waals surface area contributed by atoms with Gasteiger partial charge in [-0.2, -0.15) is 0 Å². The predicted octanol–water partition coefficient (Wildman–Crippen LogP) is 2.57. The van der Waals surface area contributed by atoms with E-state index in [0.717, 1.165) is 23.7 Å². The highest BCUT2D eigenvalue weighted by Gasteiger charge is 2.37. The fourth-order valence-electron chi connectivity index (χ4n) is 2.81. The maximum absolute atomic E-state index is 12.1. The zero-order valence-corrected chi connectivity index (χ0v) is 13.1. The first kappa shape index (κ1) is 14.1. The third kappa shape index (κ3) is 2.23. The van der Waals surface area contributed by atoms with Crippen molar-refractivity contribution in [2.45, 2.75) is 31.7 Å². The number of rotatable bonds is 2. The van der Waals surface area contributed by atoms with E-state index in [1.807, 2.05) is 6.92 Å². The molecule has 0 unspecified atom stereocenters. The number of aromatic amines is 1. The van der Waals surface area contributed by atoms with E-state index in [1.165, 1.54) is 4.57 Å². The molecule has 0 atom stereocenters. The molecular formula is C15H15BrN2O3. The summed E-state index contributed by atoms with van der Waals surface area (Å²) in [5.74, 6) is -0.256. The van der Waals surface area contributed by atoms with Crippen LogP contribution in [0.3, 0.4) is 0 Å². The number of benzene rings is 1. The summed E-state index contributed by atoms with van der Waals surface area (Å²) in [4.78, 5) is 26.5. The Hall–Kier alpha value is -1.82. The molecule has 1 aromatic carbocycles. The van der Waals surface area contributed by atoms with E-state index in [9.17, 15) is 14.7 Å². The monoisotopic (exact) mass is 350 g/mol. The molecule has 0 amide bonds. The van der Waals surface area contributed by atoms with Crippen molar-refractivity contribution in [3.63, 3.8) is 0 Å². The fraction of sp³-hybridized carbons (Fsp3) is 0.333. The van der Waals surface area contributed by atoms with E-state index in [0.29, 0.717) is 5.56 Å². The van der Waals surface area contributed by atoms with E-state index >= 15 is 0 Å². The highest BCUT2D eigenvalue weighted by Crippen LogP contribution is 2.41. The first-order valence-electron chi connectivity index (χ1n) is 6.77. The molecule has 0 spiro atoms. The number of H-pyrrole nitrogens is 1. The second-order valence-corrected chi connectivity index (χ2v) is 6.57. The van der Waals surface area contributed by atoms with Crippen molar-refractivity contribution in [1.82, 2.24) is 9.55 Å². The van der Waals surface area contributed by atoms with Gasteiger partial charge in [-0.15, -0.1) is 0 Å². The van der Waals surface area contributed by atoms with Crippen molar-refractivity contribution < 1.29 is 5.11 Å². The van der Waals surface area contributed by atoms with Crippen LogP contribution in [-0.4, -0.2) is 14.7 Å². The number of aromatic hydroxyl groups is 1. The number of nitrogens with one attached hydrogen (secondary N) is 1. The molecule has 5 nitrogen and oxygen atoms in total. The molecule has 3 rings (SSSR count). The molecule has 2 N–H and O–H groups in total. The van der Waals surface area contributed by atoms with Gasteiger partial charge in [0.2, 0.25) is 5.88 Å². The van der Waals surface area contributed by atoms with Crippen LogP contribution in [0.15, 0.2) is 38.3 Å². The van der Waals surface area contributed by atoms with Crippen LogP contribution in [0.1, 0.15) is 26.2 Å². The van der Waals surface area contributed by atoms with Crippen molar-refractivity contribution in [2.75, 3.05) is 0 Å². The highest BCUT2D eigenvalue weighted by atomic mass is 79.9. The normalized spacial score (nSPS) is 16.5. The summed E-state index contributed by atoms with van der Waals surface area (Å²) < 4.78 is 2.19. The van der Waals surface area contributed by atoms with Gasteiger partial charge in [0.1, 0.15) is 5.56 Å². The van der Waals surface area contributed by atoms with E-state index in [-0.39, 0.29) is 11.4 Å². The topological polar surface area (TPSA) is 75.1 Å². The molecule has 1 heterocycles. The maximum atomic E-state index is 12.1. The van der Waals surface area contributed by atoms with Crippen LogP contribution in [0.2, 0.25) is 0 Å². The summed E-state index contributed by atoms with van der Waals surface area (Å²) in [6.45, 7) is 1.92. The molecule has 21 heavy (non-hydrogen) atoms. The summed E-state index contributed by atoms with van der Waals surface area (Å²) in [7, 11) is 0. The minimum atomic E-state index is -0.570. The number of aromatic nitrogens is 2. The van der Waals surface area contributed by atoms with Crippen LogP contribution >= 0.6 is 15.9 Å². The first-order chi connectivity index (χ1) is 9.92. The van der Waals surface area contributed by atoms with Crippen molar-refractivity contribution >= 4 is 15.9 Å². The second kappa shape index (κ2) is 4.87. The van der Waals surface area contributed by atoms with E-state index < -0.39 is 16.8 Å². The lowest BCUT2D eigenvalue weighted by Crippen LogP contribution is -2.46. The van der Waals surface area contributed by atoms with Crippen molar-refractivity contribution in [1.29, 1.82) is 0 Å². The zero-order chi connectivity index (χ0) is 15.2. The van der Waals surface area contributed by atoms with Crippen LogP contribution in [0.5, 0.6) is 5.88 Å². The van der Waals surface area contributed by atoms with Crippen molar-refractivity contribution in [3.8, 4) is 17.0 Å². The molecule has 0 bridgehead atoms. The first-order valence-corrected chi connectivity index (χ1v) is 7.56. The van der Waals surface area contributed by atoms with Gasteiger partial charge < -0.3 is 5.11 Å². The third-order valence-corrected chi connectivity index (χ3v) is 4.72. The van der Waals surface area contributed by atoms with Gasteiger partial charge in [-0.05, 0) is 43.9 Å². The molecule has 1 aromatic heterocycles. The van der Waals surface area contributed by atoms with Crippen molar-refractivity contribution in [3.05, 3.63) is 49.6 Å². The fourth-order valence-corrected chi connectivity index (χ4v) is 3.08. The number of halogens is 1. The van der Waals surface area contributed by atoms with Gasteiger partial charge in [0.05, 0.1) is 0 Å². The molecule has 1 aliphatic carbocycles. The molecule has 2 aromatic rings. The van der Waals surface area contributed by atoms with Crippen LogP contribution in [0.4, 0.5) is 0 Å². The van der Waals surface area contributed by atoms with Gasteiger partial charge in [0, 0.05) is 10.0 Å². The number of hydrogen-bond donors (Lipinski definition) is 2. The molecule has 0 aliphatic heterocycles. The minimum absolute atomic E-state index is 0.134. The Morgan fingerprint density at radius 3 is 2.38 bits per heavy atom. The van der Waals surface area contributed by atoms with Gasteiger partial charge in [-0.3, -0.25) is 14.3 Å².